The number of methoxy groups -OCH3 is 2. The van der Waals surface area contributed by atoms with E-state index in [1.54, 1.807) is 42.8 Å². The molecule has 0 fully saturated rings. The van der Waals surface area contributed by atoms with E-state index < -0.39 is 0 Å². The van der Waals surface area contributed by atoms with Crippen molar-refractivity contribution < 1.29 is 19.1 Å². The SMILES string of the molecule is COc1ccc(NC(=O)CNC(=O)c2cccs2)c(OC)c1. The van der Waals surface area contributed by atoms with Crippen molar-refractivity contribution in [3.63, 3.8) is 0 Å². The van der Waals surface area contributed by atoms with Gasteiger partial charge in [-0.2, -0.15) is 0 Å². The van der Waals surface area contributed by atoms with Crippen LogP contribution in [0.3, 0.4) is 0 Å². The summed E-state index contributed by atoms with van der Waals surface area (Å²) in [5.74, 6) is 0.498. The number of thiophene rings is 1. The van der Waals surface area contributed by atoms with Crippen molar-refractivity contribution in [2.24, 2.45) is 0 Å². The molecule has 2 aromatic rings. The van der Waals surface area contributed by atoms with E-state index >= 15 is 0 Å². The quantitative estimate of drug-likeness (QED) is 0.855. The first-order valence-electron chi connectivity index (χ1n) is 6.47. The number of carbonyl (C=O) groups is 2. The monoisotopic (exact) mass is 320 g/mol. The Balaban J connectivity index is 1.93. The van der Waals surface area contributed by atoms with Gasteiger partial charge in [0.25, 0.3) is 5.91 Å². The Bertz CT molecular complexity index is 656. The van der Waals surface area contributed by atoms with Gasteiger partial charge in [-0.25, -0.2) is 0 Å². The fourth-order valence-corrected chi connectivity index (χ4v) is 2.39. The number of carbonyl (C=O) groups excluding carboxylic acids is 2. The average molecular weight is 320 g/mol. The van der Waals surface area contributed by atoms with Crippen molar-refractivity contribution >= 4 is 28.8 Å². The number of hydrogen-bond acceptors (Lipinski definition) is 5. The minimum atomic E-state index is -0.339. The minimum Gasteiger partial charge on any atom is -0.497 e. The summed E-state index contributed by atoms with van der Waals surface area (Å²) in [6.45, 7) is -0.119. The second-order valence-electron chi connectivity index (χ2n) is 4.27. The van der Waals surface area contributed by atoms with Crippen molar-refractivity contribution in [3.05, 3.63) is 40.6 Å². The van der Waals surface area contributed by atoms with Gasteiger partial charge in [-0.1, -0.05) is 6.07 Å². The first-order chi connectivity index (χ1) is 10.6. The summed E-state index contributed by atoms with van der Waals surface area (Å²) in [6, 6.07) is 8.53. The molecule has 0 unspecified atom stereocenters. The Morgan fingerprint density at radius 1 is 1.18 bits per heavy atom. The Labute approximate surface area is 132 Å². The van der Waals surface area contributed by atoms with Crippen LogP contribution in [0.4, 0.5) is 5.69 Å². The Morgan fingerprint density at radius 3 is 2.64 bits per heavy atom. The van der Waals surface area contributed by atoms with Gasteiger partial charge in [-0.3, -0.25) is 9.59 Å². The van der Waals surface area contributed by atoms with Crippen molar-refractivity contribution in [1.29, 1.82) is 0 Å². The Kier molecular flexibility index (Phi) is 5.37. The molecule has 0 aliphatic carbocycles. The molecule has 0 saturated heterocycles. The molecule has 0 aliphatic heterocycles. The van der Waals surface area contributed by atoms with Gasteiger partial charge >= 0.3 is 0 Å². The van der Waals surface area contributed by atoms with Gasteiger partial charge in [-0.15, -0.1) is 11.3 Å². The van der Waals surface area contributed by atoms with Gasteiger partial charge in [0.1, 0.15) is 11.5 Å². The van der Waals surface area contributed by atoms with Gasteiger partial charge in [0, 0.05) is 6.07 Å². The lowest BCUT2D eigenvalue weighted by Gasteiger charge is -2.11. The van der Waals surface area contributed by atoms with Crippen LogP contribution in [0.25, 0.3) is 0 Å². The molecule has 7 heteroatoms. The van der Waals surface area contributed by atoms with Gasteiger partial charge in [0.15, 0.2) is 0 Å². The number of hydrogen-bond donors (Lipinski definition) is 2. The maximum atomic E-state index is 11.9. The summed E-state index contributed by atoms with van der Waals surface area (Å²) < 4.78 is 10.3. The summed E-state index contributed by atoms with van der Waals surface area (Å²) in [5, 5.41) is 7.04. The molecular formula is C15H16N2O4S. The van der Waals surface area contributed by atoms with E-state index in [2.05, 4.69) is 10.6 Å². The van der Waals surface area contributed by atoms with E-state index in [1.165, 1.54) is 18.4 Å². The molecule has 1 heterocycles. The number of amides is 2. The second kappa shape index (κ2) is 7.46. The number of anilines is 1. The predicted molar refractivity (Wildman–Crippen MR) is 84.8 cm³/mol. The highest BCUT2D eigenvalue weighted by molar-refractivity contribution is 7.12. The van der Waals surface area contributed by atoms with Crippen LogP contribution >= 0.6 is 11.3 Å². The number of rotatable bonds is 6. The number of benzene rings is 1. The fourth-order valence-electron chi connectivity index (χ4n) is 1.75. The summed E-state index contributed by atoms with van der Waals surface area (Å²) in [4.78, 5) is 24.2. The maximum absolute atomic E-state index is 11.9. The van der Waals surface area contributed by atoms with E-state index in [0.717, 1.165) is 0 Å². The first kappa shape index (κ1) is 15.8. The third-order valence-electron chi connectivity index (χ3n) is 2.84. The number of nitrogens with one attached hydrogen (secondary N) is 2. The van der Waals surface area contributed by atoms with Crippen LogP contribution in [-0.4, -0.2) is 32.6 Å². The molecule has 1 aromatic heterocycles. The van der Waals surface area contributed by atoms with E-state index in [1.807, 2.05) is 0 Å². The van der Waals surface area contributed by atoms with Crippen LogP contribution in [-0.2, 0) is 4.79 Å². The van der Waals surface area contributed by atoms with Crippen molar-refractivity contribution in [1.82, 2.24) is 5.32 Å². The molecule has 0 radical (unpaired) electrons. The standard InChI is InChI=1S/C15H16N2O4S/c1-20-10-5-6-11(12(8-10)21-2)17-14(18)9-16-15(19)13-4-3-7-22-13/h3-8H,9H2,1-2H3,(H,16,19)(H,17,18). The average Bonchev–Trinajstić information content (AvgIpc) is 3.07. The lowest BCUT2D eigenvalue weighted by atomic mass is 10.2. The molecular weight excluding hydrogens is 304 g/mol. The molecule has 0 spiro atoms. The molecule has 0 aliphatic rings. The number of ether oxygens (including phenoxy) is 2. The van der Waals surface area contributed by atoms with Crippen LogP contribution in [0.2, 0.25) is 0 Å². The summed E-state index contributed by atoms with van der Waals surface area (Å²) in [5.41, 5.74) is 0.513. The smallest absolute Gasteiger partial charge is 0.261 e. The fraction of sp³-hybridized carbons (Fsp3) is 0.200. The zero-order chi connectivity index (χ0) is 15.9. The molecule has 2 rings (SSSR count). The largest absolute Gasteiger partial charge is 0.497 e. The van der Waals surface area contributed by atoms with Crippen molar-refractivity contribution in [2.75, 3.05) is 26.1 Å². The summed E-state index contributed by atoms with van der Waals surface area (Å²) >= 11 is 1.32. The highest BCUT2D eigenvalue weighted by Crippen LogP contribution is 2.28. The van der Waals surface area contributed by atoms with Crippen LogP contribution in [0.15, 0.2) is 35.7 Å². The highest BCUT2D eigenvalue weighted by atomic mass is 32.1. The lowest BCUT2D eigenvalue weighted by Crippen LogP contribution is -2.32. The molecule has 0 atom stereocenters. The minimum absolute atomic E-state index is 0.119. The van der Waals surface area contributed by atoms with Gasteiger partial charge in [0.2, 0.25) is 5.91 Å². The molecule has 6 nitrogen and oxygen atoms in total. The lowest BCUT2D eigenvalue weighted by molar-refractivity contribution is -0.115. The molecule has 2 N–H and O–H groups in total. The predicted octanol–water partition coefficient (Wildman–Crippen LogP) is 2.13. The van der Waals surface area contributed by atoms with Crippen molar-refractivity contribution in [3.8, 4) is 11.5 Å². The molecule has 0 bridgehead atoms. The van der Waals surface area contributed by atoms with Gasteiger partial charge in [0.05, 0.1) is 31.3 Å². The van der Waals surface area contributed by atoms with Crippen LogP contribution in [0.1, 0.15) is 9.67 Å². The molecule has 22 heavy (non-hydrogen) atoms. The summed E-state index contributed by atoms with van der Waals surface area (Å²) in [6.07, 6.45) is 0. The van der Waals surface area contributed by atoms with Crippen LogP contribution in [0.5, 0.6) is 11.5 Å². The highest BCUT2D eigenvalue weighted by Gasteiger charge is 2.11. The van der Waals surface area contributed by atoms with Gasteiger partial charge < -0.3 is 20.1 Å². The third kappa shape index (κ3) is 3.98. The maximum Gasteiger partial charge on any atom is 0.261 e. The molecule has 2 amide bonds. The normalized spacial score (nSPS) is 9.91. The van der Waals surface area contributed by atoms with Crippen LogP contribution < -0.4 is 20.1 Å². The Hall–Kier alpha value is -2.54. The Morgan fingerprint density at radius 2 is 2.00 bits per heavy atom. The second-order valence-corrected chi connectivity index (χ2v) is 5.22. The summed E-state index contributed by atoms with van der Waals surface area (Å²) in [7, 11) is 3.05. The van der Waals surface area contributed by atoms with E-state index in [4.69, 9.17) is 9.47 Å². The van der Waals surface area contributed by atoms with Crippen molar-refractivity contribution in [2.45, 2.75) is 0 Å². The third-order valence-corrected chi connectivity index (χ3v) is 3.71. The van der Waals surface area contributed by atoms with E-state index in [-0.39, 0.29) is 18.4 Å². The van der Waals surface area contributed by atoms with Crippen LogP contribution in [0, 0.1) is 0 Å². The molecule has 1 aromatic carbocycles. The topological polar surface area (TPSA) is 76.7 Å². The molecule has 0 saturated carbocycles. The van der Waals surface area contributed by atoms with E-state index in [0.29, 0.717) is 22.1 Å². The van der Waals surface area contributed by atoms with E-state index in [9.17, 15) is 9.59 Å². The van der Waals surface area contributed by atoms with Gasteiger partial charge in [-0.05, 0) is 23.6 Å². The molecule has 116 valence electrons. The zero-order valence-electron chi connectivity index (χ0n) is 12.2. The zero-order valence-corrected chi connectivity index (χ0v) is 13.0. The first-order valence-corrected chi connectivity index (χ1v) is 7.35.